The number of carbonyl (C=O) groups is 1. The Balaban J connectivity index is 0.00000176. The first-order chi connectivity index (χ1) is 10.2. The van der Waals surface area contributed by atoms with Crippen LogP contribution in [-0.2, 0) is 11.3 Å². The fraction of sp³-hybridized carbons (Fsp3) is 0.455. The summed E-state index contributed by atoms with van der Waals surface area (Å²) in [6.45, 7) is 3.30. The van der Waals surface area contributed by atoms with Gasteiger partial charge in [-0.2, -0.15) is 4.80 Å². The van der Waals surface area contributed by atoms with Gasteiger partial charge in [-0.25, -0.2) is 9.97 Å². The quantitative estimate of drug-likeness (QED) is 0.731. The lowest BCUT2D eigenvalue weighted by Crippen LogP contribution is -2.43. The van der Waals surface area contributed by atoms with Crippen molar-refractivity contribution in [3.8, 4) is 11.5 Å². The minimum absolute atomic E-state index is 0. The minimum Gasteiger partial charge on any atom is -0.480 e. The SMILES string of the molecule is Cl.O=C(O)Cn1nnc(-c2cnc(N3CCNCC3)cn2)n1. The molecular weight excluding hydrogens is 312 g/mol. The van der Waals surface area contributed by atoms with Gasteiger partial charge in [-0.05, 0) is 5.21 Å². The third-order valence-electron chi connectivity index (χ3n) is 3.04. The zero-order valence-electron chi connectivity index (χ0n) is 11.6. The van der Waals surface area contributed by atoms with Crippen molar-refractivity contribution in [3.63, 3.8) is 0 Å². The van der Waals surface area contributed by atoms with Crippen LogP contribution in [0.2, 0.25) is 0 Å². The van der Waals surface area contributed by atoms with Crippen LogP contribution >= 0.6 is 12.4 Å². The van der Waals surface area contributed by atoms with Gasteiger partial charge in [-0.3, -0.25) is 4.79 Å². The number of hydrogen-bond acceptors (Lipinski definition) is 8. The van der Waals surface area contributed by atoms with Crippen molar-refractivity contribution in [1.29, 1.82) is 0 Å². The molecule has 22 heavy (non-hydrogen) atoms. The van der Waals surface area contributed by atoms with E-state index < -0.39 is 5.97 Å². The molecule has 2 aromatic rings. The van der Waals surface area contributed by atoms with Crippen LogP contribution in [0, 0.1) is 0 Å². The van der Waals surface area contributed by atoms with Gasteiger partial charge in [-0.1, -0.05) is 0 Å². The number of carboxylic acids is 1. The standard InChI is InChI=1S/C11H14N8O2.ClH/c20-10(21)7-19-16-11(15-17-19)8-5-14-9(6-13-8)18-3-1-12-2-4-18;/h5-6,12H,1-4,7H2,(H,20,21);1H. The van der Waals surface area contributed by atoms with Gasteiger partial charge < -0.3 is 15.3 Å². The summed E-state index contributed by atoms with van der Waals surface area (Å²) >= 11 is 0. The Morgan fingerprint density at radius 3 is 2.68 bits per heavy atom. The molecular formula is C11H15ClN8O2. The molecule has 0 spiro atoms. The molecule has 0 amide bonds. The number of carboxylic acid groups (broad SMARTS) is 1. The second-order valence-electron chi connectivity index (χ2n) is 4.53. The number of piperazine rings is 1. The van der Waals surface area contributed by atoms with E-state index in [1.54, 1.807) is 12.4 Å². The van der Waals surface area contributed by atoms with Gasteiger partial charge >= 0.3 is 5.97 Å². The molecule has 0 aliphatic carbocycles. The Morgan fingerprint density at radius 2 is 2.05 bits per heavy atom. The van der Waals surface area contributed by atoms with Crippen LogP contribution < -0.4 is 10.2 Å². The van der Waals surface area contributed by atoms with E-state index in [0.29, 0.717) is 5.69 Å². The highest BCUT2D eigenvalue weighted by Gasteiger charge is 2.14. The number of tetrazole rings is 1. The topological polar surface area (TPSA) is 122 Å². The molecule has 1 fully saturated rings. The normalized spacial score (nSPS) is 14.5. The highest BCUT2D eigenvalue weighted by atomic mass is 35.5. The monoisotopic (exact) mass is 326 g/mol. The fourth-order valence-electron chi connectivity index (χ4n) is 2.03. The second-order valence-corrected chi connectivity index (χ2v) is 4.53. The molecule has 0 atom stereocenters. The molecule has 0 saturated carbocycles. The molecule has 3 heterocycles. The number of hydrogen-bond donors (Lipinski definition) is 2. The van der Waals surface area contributed by atoms with Gasteiger partial charge in [0, 0.05) is 26.2 Å². The predicted octanol–water partition coefficient (Wildman–Crippen LogP) is -0.954. The molecule has 0 bridgehead atoms. The van der Waals surface area contributed by atoms with Gasteiger partial charge in [0.15, 0.2) is 6.54 Å². The Hall–Kier alpha value is -2.33. The molecule has 118 valence electrons. The third-order valence-corrected chi connectivity index (χ3v) is 3.04. The van der Waals surface area contributed by atoms with E-state index in [1.807, 2.05) is 0 Å². The van der Waals surface area contributed by atoms with E-state index in [9.17, 15) is 4.79 Å². The maximum Gasteiger partial charge on any atom is 0.327 e. The van der Waals surface area contributed by atoms with Crippen LogP contribution in [0.3, 0.4) is 0 Å². The van der Waals surface area contributed by atoms with Gasteiger partial charge in [0.25, 0.3) is 0 Å². The van der Waals surface area contributed by atoms with E-state index in [-0.39, 0.29) is 24.8 Å². The Morgan fingerprint density at radius 1 is 1.27 bits per heavy atom. The predicted molar refractivity (Wildman–Crippen MR) is 78.8 cm³/mol. The van der Waals surface area contributed by atoms with Crippen molar-refractivity contribution in [2.24, 2.45) is 0 Å². The van der Waals surface area contributed by atoms with Crippen molar-refractivity contribution in [1.82, 2.24) is 35.5 Å². The summed E-state index contributed by atoms with van der Waals surface area (Å²) in [4.78, 5) is 22.3. The van der Waals surface area contributed by atoms with Crippen LogP contribution in [0.1, 0.15) is 0 Å². The van der Waals surface area contributed by atoms with Crippen molar-refractivity contribution in [2.45, 2.75) is 6.54 Å². The third kappa shape index (κ3) is 3.65. The van der Waals surface area contributed by atoms with Crippen LogP contribution in [0.15, 0.2) is 12.4 Å². The summed E-state index contributed by atoms with van der Waals surface area (Å²) < 4.78 is 0. The Kier molecular flexibility index (Phi) is 5.17. The summed E-state index contributed by atoms with van der Waals surface area (Å²) in [5.74, 6) is 0.0351. The zero-order valence-corrected chi connectivity index (χ0v) is 12.4. The number of aliphatic carboxylic acids is 1. The molecule has 10 nitrogen and oxygen atoms in total. The van der Waals surface area contributed by atoms with Crippen LogP contribution in [0.25, 0.3) is 11.5 Å². The van der Waals surface area contributed by atoms with Gasteiger partial charge in [-0.15, -0.1) is 22.6 Å². The highest BCUT2D eigenvalue weighted by Crippen LogP contribution is 2.14. The number of nitrogens with one attached hydrogen (secondary N) is 1. The average molecular weight is 327 g/mol. The van der Waals surface area contributed by atoms with E-state index in [0.717, 1.165) is 36.8 Å². The average Bonchev–Trinajstić information content (AvgIpc) is 2.96. The van der Waals surface area contributed by atoms with Crippen molar-refractivity contribution >= 4 is 24.2 Å². The maximum absolute atomic E-state index is 10.6. The van der Waals surface area contributed by atoms with Crippen LogP contribution in [0.5, 0.6) is 0 Å². The number of rotatable bonds is 4. The molecule has 0 radical (unpaired) electrons. The maximum atomic E-state index is 10.6. The summed E-state index contributed by atoms with van der Waals surface area (Å²) in [5, 5.41) is 23.3. The van der Waals surface area contributed by atoms with Crippen molar-refractivity contribution < 1.29 is 9.90 Å². The first-order valence-electron chi connectivity index (χ1n) is 6.50. The number of aromatic nitrogens is 6. The Labute approximate surface area is 132 Å². The molecule has 11 heteroatoms. The first kappa shape index (κ1) is 16.0. The molecule has 1 aliphatic rings. The molecule has 1 aliphatic heterocycles. The lowest BCUT2D eigenvalue weighted by molar-refractivity contribution is -0.138. The molecule has 2 aromatic heterocycles. The van der Waals surface area contributed by atoms with E-state index in [2.05, 4.69) is 35.6 Å². The summed E-state index contributed by atoms with van der Waals surface area (Å²) in [5.41, 5.74) is 0.463. The zero-order chi connectivity index (χ0) is 14.7. The van der Waals surface area contributed by atoms with Crippen molar-refractivity contribution in [2.75, 3.05) is 31.1 Å². The van der Waals surface area contributed by atoms with Crippen molar-refractivity contribution in [3.05, 3.63) is 12.4 Å². The Bertz CT molecular complexity index is 625. The van der Waals surface area contributed by atoms with E-state index in [1.165, 1.54) is 0 Å². The summed E-state index contributed by atoms with van der Waals surface area (Å²) in [6, 6.07) is 0. The summed E-state index contributed by atoms with van der Waals surface area (Å²) in [7, 11) is 0. The molecule has 3 rings (SSSR count). The first-order valence-corrected chi connectivity index (χ1v) is 6.50. The molecule has 2 N–H and O–H groups in total. The van der Waals surface area contributed by atoms with Crippen LogP contribution in [0.4, 0.5) is 5.82 Å². The lowest BCUT2D eigenvalue weighted by atomic mass is 10.3. The van der Waals surface area contributed by atoms with Gasteiger partial charge in [0.1, 0.15) is 11.5 Å². The molecule has 1 saturated heterocycles. The second kappa shape index (κ2) is 7.09. The van der Waals surface area contributed by atoms with E-state index in [4.69, 9.17) is 5.11 Å². The number of nitrogens with zero attached hydrogens (tertiary/aromatic N) is 7. The number of halogens is 1. The van der Waals surface area contributed by atoms with E-state index >= 15 is 0 Å². The van der Waals surface area contributed by atoms with Crippen LogP contribution in [-0.4, -0.2) is 67.4 Å². The highest BCUT2D eigenvalue weighted by molar-refractivity contribution is 5.85. The molecule has 0 unspecified atom stereocenters. The van der Waals surface area contributed by atoms with Gasteiger partial charge in [0.2, 0.25) is 5.82 Å². The molecule has 0 aromatic carbocycles. The smallest absolute Gasteiger partial charge is 0.327 e. The van der Waals surface area contributed by atoms with Gasteiger partial charge in [0.05, 0.1) is 12.4 Å². The number of anilines is 1. The largest absolute Gasteiger partial charge is 0.480 e. The summed E-state index contributed by atoms with van der Waals surface area (Å²) in [6.07, 6.45) is 3.23. The minimum atomic E-state index is -1.03. The fourth-order valence-corrected chi connectivity index (χ4v) is 2.03. The lowest BCUT2D eigenvalue weighted by Gasteiger charge is -2.27.